The molecule has 1 heterocycles. The van der Waals surface area contributed by atoms with E-state index >= 15 is 0 Å². The van der Waals surface area contributed by atoms with E-state index in [1.165, 1.54) is 20.3 Å². The summed E-state index contributed by atoms with van der Waals surface area (Å²) in [4.78, 5) is 33.1. The number of nitrogens with zero attached hydrogens (tertiary/aromatic N) is 1. The number of pyridine rings is 1. The fourth-order valence-corrected chi connectivity index (χ4v) is 3.52. The largest absolute Gasteiger partial charge is 0.496 e. The van der Waals surface area contributed by atoms with Crippen LogP contribution in [0.25, 0.3) is 10.9 Å². The summed E-state index contributed by atoms with van der Waals surface area (Å²) < 4.78 is 11.4. The third-order valence-electron chi connectivity index (χ3n) is 5.03. The van der Waals surface area contributed by atoms with Gasteiger partial charge < -0.3 is 20.5 Å². The molecule has 9 nitrogen and oxygen atoms in total. The van der Waals surface area contributed by atoms with E-state index in [1.54, 1.807) is 24.4 Å². The number of ether oxygens (including phenoxy) is 2. The fraction of sp³-hybridized carbons (Fsp3) is 0.227. The number of nitrogen functional groups attached to an aromatic ring is 1. The van der Waals surface area contributed by atoms with E-state index in [1.807, 2.05) is 0 Å². The predicted octanol–water partition coefficient (Wildman–Crippen LogP) is 3.95. The van der Waals surface area contributed by atoms with Crippen molar-refractivity contribution in [3.63, 3.8) is 0 Å². The highest BCUT2D eigenvalue weighted by Crippen LogP contribution is 2.43. The summed E-state index contributed by atoms with van der Waals surface area (Å²) >= 11 is 6.46. The number of methoxy groups -OCH3 is 1. The SMILES string of the molecule is CONC(=O)c1cc2c(Oc3cc(C=O)c(NC4CC4)c(Cl)c3N)ccnc2cc1OC. The molecule has 1 fully saturated rings. The molecule has 166 valence electrons. The van der Waals surface area contributed by atoms with Gasteiger partial charge in [-0.2, -0.15) is 0 Å². The number of hydrogen-bond acceptors (Lipinski definition) is 8. The van der Waals surface area contributed by atoms with Crippen LogP contribution in [-0.4, -0.2) is 37.4 Å². The second kappa shape index (κ2) is 8.89. The molecule has 0 radical (unpaired) electrons. The fourth-order valence-electron chi connectivity index (χ4n) is 3.27. The number of hydrogen-bond donors (Lipinski definition) is 3. The molecule has 1 aromatic heterocycles. The number of benzene rings is 2. The topological polar surface area (TPSA) is 125 Å². The van der Waals surface area contributed by atoms with E-state index in [9.17, 15) is 9.59 Å². The molecule has 10 heteroatoms. The number of nitrogens with one attached hydrogen (secondary N) is 2. The molecule has 0 saturated heterocycles. The first-order valence-corrected chi connectivity index (χ1v) is 10.2. The quantitative estimate of drug-likeness (QED) is 0.264. The number of amides is 1. The van der Waals surface area contributed by atoms with E-state index < -0.39 is 5.91 Å². The van der Waals surface area contributed by atoms with Crippen molar-refractivity contribution in [1.82, 2.24) is 10.5 Å². The van der Waals surface area contributed by atoms with Crippen LogP contribution in [0.15, 0.2) is 30.5 Å². The number of hydroxylamine groups is 1. The number of aldehydes is 1. The van der Waals surface area contributed by atoms with Crippen molar-refractivity contribution < 1.29 is 23.9 Å². The van der Waals surface area contributed by atoms with Crippen molar-refractivity contribution in [1.29, 1.82) is 0 Å². The van der Waals surface area contributed by atoms with E-state index in [0.29, 0.717) is 39.9 Å². The molecular weight excluding hydrogens is 436 g/mol. The minimum Gasteiger partial charge on any atom is -0.496 e. The molecule has 1 aliphatic rings. The Bertz CT molecular complexity index is 1210. The zero-order valence-corrected chi connectivity index (χ0v) is 18.2. The molecule has 2 aromatic carbocycles. The Labute approximate surface area is 188 Å². The number of fused-ring (bicyclic) bond motifs is 1. The Morgan fingerprint density at radius 3 is 2.66 bits per heavy atom. The summed E-state index contributed by atoms with van der Waals surface area (Å²) in [5.41, 5.74) is 10.3. The second-order valence-electron chi connectivity index (χ2n) is 7.22. The molecule has 32 heavy (non-hydrogen) atoms. The lowest BCUT2D eigenvalue weighted by atomic mass is 10.1. The van der Waals surface area contributed by atoms with Gasteiger partial charge in [-0.05, 0) is 31.0 Å². The van der Waals surface area contributed by atoms with Crippen LogP contribution < -0.4 is 26.0 Å². The van der Waals surface area contributed by atoms with Crippen LogP contribution in [0.4, 0.5) is 11.4 Å². The van der Waals surface area contributed by atoms with Gasteiger partial charge in [0.15, 0.2) is 12.0 Å². The maximum Gasteiger partial charge on any atom is 0.278 e. The summed E-state index contributed by atoms with van der Waals surface area (Å²) in [6, 6.07) is 6.63. The van der Waals surface area contributed by atoms with E-state index in [0.717, 1.165) is 12.8 Å². The highest BCUT2D eigenvalue weighted by molar-refractivity contribution is 6.36. The molecule has 1 aliphatic carbocycles. The maximum atomic E-state index is 12.4. The van der Waals surface area contributed by atoms with Gasteiger partial charge in [0.05, 0.1) is 41.7 Å². The molecule has 4 rings (SSSR count). The van der Waals surface area contributed by atoms with Gasteiger partial charge in [-0.3, -0.25) is 19.4 Å². The van der Waals surface area contributed by atoms with Gasteiger partial charge >= 0.3 is 0 Å². The molecule has 0 atom stereocenters. The number of carbonyl (C=O) groups is 2. The van der Waals surface area contributed by atoms with Crippen LogP contribution in [0.5, 0.6) is 17.2 Å². The van der Waals surface area contributed by atoms with Gasteiger partial charge in [0.1, 0.15) is 11.5 Å². The minimum atomic E-state index is -0.498. The zero-order chi connectivity index (χ0) is 22.8. The van der Waals surface area contributed by atoms with Crippen LogP contribution in [-0.2, 0) is 4.84 Å². The van der Waals surface area contributed by atoms with Gasteiger partial charge in [-0.15, -0.1) is 0 Å². The number of anilines is 2. The lowest BCUT2D eigenvalue weighted by Gasteiger charge is -2.17. The normalized spacial score (nSPS) is 13.0. The summed E-state index contributed by atoms with van der Waals surface area (Å²) in [5, 5.41) is 3.98. The van der Waals surface area contributed by atoms with Crippen LogP contribution >= 0.6 is 11.6 Å². The highest BCUT2D eigenvalue weighted by atomic mass is 35.5. The summed E-state index contributed by atoms with van der Waals surface area (Å²) in [6.07, 6.45) is 4.27. The van der Waals surface area contributed by atoms with E-state index in [4.69, 9.17) is 31.6 Å². The first-order chi connectivity index (χ1) is 15.5. The Kier molecular flexibility index (Phi) is 6.02. The Balaban J connectivity index is 1.79. The van der Waals surface area contributed by atoms with Crippen molar-refractivity contribution >= 4 is 46.1 Å². The highest BCUT2D eigenvalue weighted by Gasteiger charge is 2.25. The molecule has 0 bridgehead atoms. The van der Waals surface area contributed by atoms with Crippen molar-refractivity contribution in [2.75, 3.05) is 25.3 Å². The zero-order valence-electron chi connectivity index (χ0n) is 17.4. The number of halogens is 1. The van der Waals surface area contributed by atoms with Gasteiger partial charge in [0.2, 0.25) is 0 Å². The van der Waals surface area contributed by atoms with E-state index in [-0.39, 0.29) is 28.1 Å². The maximum absolute atomic E-state index is 12.4. The van der Waals surface area contributed by atoms with Gasteiger partial charge in [-0.25, -0.2) is 5.48 Å². The Hall–Kier alpha value is -3.56. The average molecular weight is 457 g/mol. The van der Waals surface area contributed by atoms with E-state index in [2.05, 4.69) is 15.8 Å². The lowest BCUT2D eigenvalue weighted by molar-refractivity contribution is 0.0535. The van der Waals surface area contributed by atoms with Crippen LogP contribution in [0.1, 0.15) is 33.6 Å². The van der Waals surface area contributed by atoms with Crippen molar-refractivity contribution in [2.45, 2.75) is 18.9 Å². The number of rotatable bonds is 8. The van der Waals surface area contributed by atoms with Gasteiger partial charge in [0, 0.05) is 29.3 Å². The van der Waals surface area contributed by atoms with Crippen LogP contribution in [0.3, 0.4) is 0 Å². The molecule has 4 N–H and O–H groups in total. The third-order valence-corrected chi connectivity index (χ3v) is 5.42. The Morgan fingerprint density at radius 2 is 2.00 bits per heavy atom. The molecule has 3 aromatic rings. The standard InChI is InChI=1S/C22H21ClN4O5/c1-30-17-9-15-13(8-14(17)22(29)27-31-2)16(5-6-25-15)32-18-7-11(10-28)21(19(23)20(18)24)26-12-3-4-12/h5-10,12,26H,3-4,24H2,1-2H3,(H,27,29). The summed E-state index contributed by atoms with van der Waals surface area (Å²) in [5.74, 6) is 0.400. The molecular formula is C22H21ClN4O5. The Morgan fingerprint density at radius 1 is 1.22 bits per heavy atom. The number of carbonyl (C=O) groups excluding carboxylic acids is 2. The first kappa shape index (κ1) is 21.7. The lowest BCUT2D eigenvalue weighted by Crippen LogP contribution is -2.22. The average Bonchev–Trinajstić information content (AvgIpc) is 3.62. The van der Waals surface area contributed by atoms with Gasteiger partial charge in [0.25, 0.3) is 5.91 Å². The number of aromatic nitrogens is 1. The minimum absolute atomic E-state index is 0.191. The second-order valence-corrected chi connectivity index (χ2v) is 7.60. The summed E-state index contributed by atoms with van der Waals surface area (Å²) in [7, 11) is 2.78. The monoisotopic (exact) mass is 456 g/mol. The molecule has 0 spiro atoms. The van der Waals surface area contributed by atoms with Crippen LogP contribution in [0, 0.1) is 0 Å². The van der Waals surface area contributed by atoms with Crippen LogP contribution in [0.2, 0.25) is 5.02 Å². The third kappa shape index (κ3) is 4.12. The smallest absolute Gasteiger partial charge is 0.278 e. The predicted molar refractivity (Wildman–Crippen MR) is 121 cm³/mol. The van der Waals surface area contributed by atoms with Gasteiger partial charge in [-0.1, -0.05) is 11.6 Å². The van der Waals surface area contributed by atoms with Crippen molar-refractivity contribution in [2.24, 2.45) is 0 Å². The molecule has 0 aliphatic heterocycles. The molecule has 1 saturated carbocycles. The number of nitrogens with two attached hydrogens (primary N) is 1. The van der Waals surface area contributed by atoms with Crippen molar-refractivity contribution in [3.8, 4) is 17.2 Å². The molecule has 0 unspecified atom stereocenters. The molecule has 1 amide bonds. The summed E-state index contributed by atoms with van der Waals surface area (Å²) in [6.45, 7) is 0. The van der Waals surface area contributed by atoms with Crippen molar-refractivity contribution in [3.05, 3.63) is 46.6 Å². The first-order valence-electron chi connectivity index (χ1n) is 9.78.